The molecule has 0 radical (unpaired) electrons. The van der Waals surface area contributed by atoms with E-state index in [2.05, 4.69) is 60.7 Å². The minimum atomic E-state index is 1.13. The number of rotatable bonds is 0. The van der Waals surface area contributed by atoms with Gasteiger partial charge in [0.1, 0.15) is 0 Å². The third kappa shape index (κ3) is 1.92. The molecule has 0 aliphatic heterocycles. The van der Waals surface area contributed by atoms with E-state index < -0.39 is 0 Å². The molecule has 0 spiro atoms. The zero-order valence-electron chi connectivity index (χ0n) is 9.19. The van der Waals surface area contributed by atoms with Crippen LogP contribution in [-0.2, 0) is 12.8 Å². The predicted molar refractivity (Wildman–Crippen MR) is 69.2 cm³/mol. The lowest BCUT2D eigenvalue weighted by molar-refractivity contribution is 0.960. The SMILES string of the molecule is C1=C/c2ccc(cc2)CCc2ccc/1cc2. The van der Waals surface area contributed by atoms with Crippen LogP contribution >= 0.6 is 0 Å². The van der Waals surface area contributed by atoms with Crippen LogP contribution < -0.4 is 0 Å². The lowest BCUT2D eigenvalue weighted by Gasteiger charge is -2.05. The van der Waals surface area contributed by atoms with Crippen LogP contribution in [0.3, 0.4) is 0 Å². The largest absolute Gasteiger partial charge is 0.0584 e. The van der Waals surface area contributed by atoms with E-state index in [1.165, 1.54) is 22.3 Å². The van der Waals surface area contributed by atoms with Crippen LogP contribution in [0.25, 0.3) is 12.2 Å². The Hall–Kier alpha value is -1.82. The first kappa shape index (κ1) is 9.41. The summed E-state index contributed by atoms with van der Waals surface area (Å²) >= 11 is 0. The van der Waals surface area contributed by atoms with Gasteiger partial charge in [-0.1, -0.05) is 60.7 Å². The summed E-state index contributed by atoms with van der Waals surface area (Å²) in [5.74, 6) is 0. The molecular weight excluding hydrogens is 192 g/mol. The molecule has 78 valence electrons. The van der Waals surface area contributed by atoms with E-state index in [9.17, 15) is 0 Å². The Morgan fingerprint density at radius 1 is 0.500 bits per heavy atom. The minimum absolute atomic E-state index is 1.13. The normalized spacial score (nSPS) is 15.5. The zero-order valence-corrected chi connectivity index (χ0v) is 9.19. The van der Waals surface area contributed by atoms with Gasteiger partial charge in [0.15, 0.2) is 0 Å². The van der Waals surface area contributed by atoms with E-state index in [1.54, 1.807) is 0 Å². The van der Waals surface area contributed by atoms with Crippen molar-refractivity contribution in [1.29, 1.82) is 0 Å². The summed E-state index contributed by atoms with van der Waals surface area (Å²) in [6, 6.07) is 17.7. The number of hydrogen-bond acceptors (Lipinski definition) is 0. The second-order valence-corrected chi connectivity index (χ2v) is 4.32. The van der Waals surface area contributed by atoms with Gasteiger partial charge in [0.05, 0.1) is 0 Å². The summed E-state index contributed by atoms with van der Waals surface area (Å²) in [7, 11) is 0. The van der Waals surface area contributed by atoms with Crippen LogP contribution in [0.4, 0.5) is 0 Å². The molecule has 0 amide bonds. The lowest BCUT2D eigenvalue weighted by atomic mass is 10.0. The van der Waals surface area contributed by atoms with Crippen LogP contribution in [0, 0.1) is 0 Å². The molecule has 16 heavy (non-hydrogen) atoms. The van der Waals surface area contributed by atoms with Crippen molar-refractivity contribution in [3.8, 4) is 0 Å². The molecule has 2 aromatic carbocycles. The van der Waals surface area contributed by atoms with E-state index in [0.29, 0.717) is 0 Å². The molecule has 4 aliphatic rings. The first-order valence-electron chi connectivity index (χ1n) is 5.76. The van der Waals surface area contributed by atoms with Crippen molar-refractivity contribution in [2.24, 2.45) is 0 Å². The molecular formula is C16H14. The third-order valence-corrected chi connectivity index (χ3v) is 3.13. The minimum Gasteiger partial charge on any atom is -0.0584 e. The highest BCUT2D eigenvalue weighted by atomic mass is 14.0. The average Bonchev–Trinajstić information content (AvgIpc) is 2.33. The Morgan fingerprint density at radius 2 is 0.875 bits per heavy atom. The molecule has 0 unspecified atom stereocenters. The maximum Gasteiger partial charge on any atom is -0.0238 e. The van der Waals surface area contributed by atoms with Gasteiger partial charge in [0, 0.05) is 0 Å². The van der Waals surface area contributed by atoms with Crippen LogP contribution in [0.15, 0.2) is 48.5 Å². The standard InChI is InChI=1S/C16H14/c1-2-14-4-3-13(1)9-10-15-5-7-16(8-6-15)12-11-14/h1-10H,11-12H2/b10-9+. The fourth-order valence-corrected chi connectivity index (χ4v) is 2.07. The summed E-state index contributed by atoms with van der Waals surface area (Å²) in [6.07, 6.45) is 6.59. The second-order valence-electron chi connectivity index (χ2n) is 4.32. The van der Waals surface area contributed by atoms with Crippen LogP contribution in [-0.4, -0.2) is 0 Å². The first-order chi connectivity index (χ1) is 7.90. The maximum absolute atomic E-state index is 2.23. The number of aryl methyl sites for hydroxylation is 2. The summed E-state index contributed by atoms with van der Waals surface area (Å²) in [5.41, 5.74) is 5.38. The van der Waals surface area contributed by atoms with Gasteiger partial charge in [0.2, 0.25) is 0 Å². The van der Waals surface area contributed by atoms with Gasteiger partial charge in [-0.25, -0.2) is 0 Å². The molecule has 0 aromatic heterocycles. The van der Waals surface area contributed by atoms with Crippen molar-refractivity contribution in [3.63, 3.8) is 0 Å². The second kappa shape index (κ2) is 3.97. The molecule has 4 aliphatic carbocycles. The summed E-state index contributed by atoms with van der Waals surface area (Å²) in [4.78, 5) is 0. The van der Waals surface area contributed by atoms with Gasteiger partial charge < -0.3 is 0 Å². The van der Waals surface area contributed by atoms with Crippen molar-refractivity contribution >= 4 is 12.2 Å². The Kier molecular flexibility index (Phi) is 2.34. The van der Waals surface area contributed by atoms with Crippen molar-refractivity contribution in [1.82, 2.24) is 0 Å². The molecule has 0 fully saturated rings. The smallest absolute Gasteiger partial charge is 0.0238 e. The van der Waals surface area contributed by atoms with E-state index in [4.69, 9.17) is 0 Å². The molecule has 0 saturated carbocycles. The number of benzene rings is 2. The Labute approximate surface area is 96.3 Å². The highest BCUT2D eigenvalue weighted by molar-refractivity contribution is 5.69. The molecule has 0 heteroatoms. The van der Waals surface area contributed by atoms with Crippen molar-refractivity contribution in [3.05, 3.63) is 70.8 Å². The highest BCUT2D eigenvalue weighted by Gasteiger charge is 1.98. The molecule has 0 heterocycles. The molecule has 0 nitrogen and oxygen atoms in total. The third-order valence-electron chi connectivity index (χ3n) is 3.13. The van der Waals surface area contributed by atoms with Gasteiger partial charge in [-0.15, -0.1) is 0 Å². The Bertz CT molecular complexity index is 451. The highest BCUT2D eigenvalue weighted by Crippen LogP contribution is 2.15. The van der Waals surface area contributed by atoms with E-state index in [0.717, 1.165) is 12.8 Å². The quantitative estimate of drug-likeness (QED) is 0.612. The summed E-state index contributed by atoms with van der Waals surface area (Å²) in [6.45, 7) is 0. The summed E-state index contributed by atoms with van der Waals surface area (Å²) in [5, 5.41) is 0. The van der Waals surface area contributed by atoms with E-state index in [-0.39, 0.29) is 0 Å². The van der Waals surface area contributed by atoms with Gasteiger partial charge in [-0.05, 0) is 35.1 Å². The molecule has 0 N–H and O–H groups in total. The number of hydrogen-bond donors (Lipinski definition) is 0. The monoisotopic (exact) mass is 206 g/mol. The average molecular weight is 206 g/mol. The van der Waals surface area contributed by atoms with E-state index >= 15 is 0 Å². The predicted octanol–water partition coefficient (Wildman–Crippen LogP) is 3.96. The van der Waals surface area contributed by atoms with Crippen molar-refractivity contribution in [2.75, 3.05) is 0 Å². The fourth-order valence-electron chi connectivity index (χ4n) is 2.07. The van der Waals surface area contributed by atoms with Gasteiger partial charge >= 0.3 is 0 Å². The van der Waals surface area contributed by atoms with Crippen molar-refractivity contribution in [2.45, 2.75) is 12.8 Å². The summed E-state index contributed by atoms with van der Waals surface area (Å²) < 4.78 is 0. The fraction of sp³-hybridized carbons (Fsp3) is 0.125. The Balaban J connectivity index is 2.09. The van der Waals surface area contributed by atoms with Crippen LogP contribution in [0.5, 0.6) is 0 Å². The first-order valence-corrected chi connectivity index (χ1v) is 5.76. The van der Waals surface area contributed by atoms with E-state index in [1.807, 2.05) is 0 Å². The molecule has 0 saturated heterocycles. The molecule has 2 aromatic rings. The van der Waals surface area contributed by atoms with Crippen LogP contribution in [0.2, 0.25) is 0 Å². The maximum atomic E-state index is 2.23. The Morgan fingerprint density at radius 3 is 1.25 bits per heavy atom. The molecule has 6 rings (SSSR count). The van der Waals surface area contributed by atoms with Gasteiger partial charge in [-0.3, -0.25) is 0 Å². The van der Waals surface area contributed by atoms with Gasteiger partial charge in [-0.2, -0.15) is 0 Å². The van der Waals surface area contributed by atoms with Crippen LogP contribution in [0.1, 0.15) is 22.3 Å². The zero-order chi connectivity index (χ0) is 10.8. The van der Waals surface area contributed by atoms with Crippen molar-refractivity contribution < 1.29 is 0 Å². The topological polar surface area (TPSA) is 0 Å². The molecule has 0 atom stereocenters. The van der Waals surface area contributed by atoms with Gasteiger partial charge in [0.25, 0.3) is 0 Å². The molecule has 4 bridgehead atoms. The lowest BCUT2D eigenvalue weighted by Crippen LogP contribution is -1.92.